The quantitative estimate of drug-likeness (QED) is 0.806. The number of ether oxygens (including phenoxy) is 1. The molecule has 0 saturated heterocycles. The van der Waals surface area contributed by atoms with Crippen molar-refractivity contribution in [3.05, 3.63) is 59.7 Å². The van der Waals surface area contributed by atoms with Gasteiger partial charge in [0.2, 0.25) is 0 Å². The molecule has 1 heterocycles. The molecule has 2 aromatic carbocycles. The van der Waals surface area contributed by atoms with Gasteiger partial charge in [-0.1, -0.05) is 18.2 Å². The van der Waals surface area contributed by atoms with E-state index in [1.807, 2.05) is 24.3 Å². The molecule has 1 amide bonds. The largest absolute Gasteiger partial charge is 0.481 e. The highest BCUT2D eigenvalue weighted by atomic mass is 16.5. The lowest BCUT2D eigenvalue weighted by Gasteiger charge is -2.22. The fraction of sp³-hybridized carbons (Fsp3) is 0.176. The van der Waals surface area contributed by atoms with Crippen LogP contribution in [-0.2, 0) is 11.3 Å². The SMILES string of the molecule is C[C@@H]1Oc2ccccc2CN(c2ccc(C#N)cc2)C1=O. The lowest BCUT2D eigenvalue weighted by atomic mass is 10.1. The number of carbonyl (C=O) groups is 1. The average molecular weight is 278 g/mol. The minimum absolute atomic E-state index is 0.0871. The molecule has 0 N–H and O–H groups in total. The predicted octanol–water partition coefficient (Wildman–Crippen LogP) is 2.87. The van der Waals surface area contributed by atoms with E-state index in [0.717, 1.165) is 17.0 Å². The Kier molecular flexibility index (Phi) is 3.33. The maximum absolute atomic E-state index is 12.5. The highest BCUT2D eigenvalue weighted by molar-refractivity contribution is 5.97. The van der Waals surface area contributed by atoms with Crippen molar-refractivity contribution in [1.82, 2.24) is 0 Å². The van der Waals surface area contributed by atoms with Gasteiger partial charge in [0.25, 0.3) is 5.91 Å². The van der Waals surface area contributed by atoms with E-state index in [1.165, 1.54) is 0 Å². The molecule has 1 atom stereocenters. The van der Waals surface area contributed by atoms with E-state index in [-0.39, 0.29) is 5.91 Å². The number of benzene rings is 2. The number of rotatable bonds is 1. The molecule has 0 spiro atoms. The monoisotopic (exact) mass is 278 g/mol. The Morgan fingerprint density at radius 3 is 2.62 bits per heavy atom. The number of carbonyl (C=O) groups excluding carboxylic acids is 1. The summed E-state index contributed by atoms with van der Waals surface area (Å²) in [5.41, 5.74) is 2.32. The summed E-state index contributed by atoms with van der Waals surface area (Å²) < 4.78 is 5.72. The predicted molar refractivity (Wildman–Crippen MR) is 78.9 cm³/mol. The van der Waals surface area contributed by atoms with Crippen LogP contribution in [0.1, 0.15) is 18.1 Å². The fourth-order valence-electron chi connectivity index (χ4n) is 2.39. The van der Waals surface area contributed by atoms with E-state index in [1.54, 1.807) is 36.1 Å². The smallest absolute Gasteiger partial charge is 0.268 e. The van der Waals surface area contributed by atoms with Crippen LogP contribution in [0.25, 0.3) is 0 Å². The number of para-hydroxylation sites is 1. The zero-order valence-corrected chi connectivity index (χ0v) is 11.6. The number of fused-ring (bicyclic) bond motifs is 1. The van der Waals surface area contributed by atoms with Crippen LogP contribution in [0.3, 0.4) is 0 Å². The van der Waals surface area contributed by atoms with E-state index in [2.05, 4.69) is 6.07 Å². The summed E-state index contributed by atoms with van der Waals surface area (Å²) in [6, 6.07) is 16.7. The summed E-state index contributed by atoms with van der Waals surface area (Å²) in [6.45, 7) is 2.21. The summed E-state index contributed by atoms with van der Waals surface area (Å²) in [5, 5.41) is 8.86. The normalized spacial score (nSPS) is 17.4. The van der Waals surface area contributed by atoms with Crippen molar-refractivity contribution in [1.29, 1.82) is 5.26 Å². The molecule has 0 fully saturated rings. The second kappa shape index (κ2) is 5.29. The Balaban J connectivity index is 2.00. The van der Waals surface area contributed by atoms with Crippen molar-refractivity contribution in [2.24, 2.45) is 0 Å². The second-order valence-electron chi connectivity index (χ2n) is 4.95. The number of hydrogen-bond acceptors (Lipinski definition) is 3. The first-order valence-electron chi connectivity index (χ1n) is 6.75. The van der Waals surface area contributed by atoms with E-state index in [4.69, 9.17) is 10.00 Å². The van der Waals surface area contributed by atoms with Gasteiger partial charge in [0, 0.05) is 11.3 Å². The molecular formula is C17H14N2O2. The molecule has 4 nitrogen and oxygen atoms in total. The molecule has 3 rings (SSSR count). The lowest BCUT2D eigenvalue weighted by Crippen LogP contribution is -2.37. The van der Waals surface area contributed by atoms with Crippen LogP contribution >= 0.6 is 0 Å². The molecule has 0 radical (unpaired) electrons. The number of hydrogen-bond donors (Lipinski definition) is 0. The number of anilines is 1. The van der Waals surface area contributed by atoms with Gasteiger partial charge < -0.3 is 9.64 Å². The van der Waals surface area contributed by atoms with Crippen molar-refractivity contribution < 1.29 is 9.53 Å². The van der Waals surface area contributed by atoms with Gasteiger partial charge in [0.1, 0.15) is 5.75 Å². The molecule has 4 heteroatoms. The molecule has 0 aromatic heterocycles. The Morgan fingerprint density at radius 1 is 1.19 bits per heavy atom. The maximum atomic E-state index is 12.5. The minimum atomic E-state index is -0.538. The Labute approximate surface area is 123 Å². The third-order valence-corrected chi connectivity index (χ3v) is 3.53. The van der Waals surface area contributed by atoms with Crippen molar-refractivity contribution in [3.8, 4) is 11.8 Å². The topological polar surface area (TPSA) is 53.3 Å². The first-order valence-corrected chi connectivity index (χ1v) is 6.75. The first-order chi connectivity index (χ1) is 10.2. The van der Waals surface area contributed by atoms with Crippen LogP contribution in [0.15, 0.2) is 48.5 Å². The summed E-state index contributed by atoms with van der Waals surface area (Å²) in [7, 11) is 0. The molecule has 21 heavy (non-hydrogen) atoms. The highest BCUT2D eigenvalue weighted by Gasteiger charge is 2.28. The van der Waals surface area contributed by atoms with Gasteiger partial charge in [-0.25, -0.2) is 0 Å². The number of amides is 1. The molecule has 104 valence electrons. The Morgan fingerprint density at radius 2 is 1.90 bits per heavy atom. The van der Waals surface area contributed by atoms with Gasteiger partial charge in [-0.3, -0.25) is 4.79 Å². The van der Waals surface area contributed by atoms with E-state index in [0.29, 0.717) is 12.1 Å². The summed E-state index contributed by atoms with van der Waals surface area (Å²) in [5.74, 6) is 0.658. The highest BCUT2D eigenvalue weighted by Crippen LogP contribution is 2.28. The van der Waals surface area contributed by atoms with Crippen molar-refractivity contribution in [2.75, 3.05) is 4.90 Å². The van der Waals surface area contributed by atoms with Crippen molar-refractivity contribution in [3.63, 3.8) is 0 Å². The van der Waals surface area contributed by atoms with Crippen molar-refractivity contribution in [2.45, 2.75) is 19.6 Å². The zero-order chi connectivity index (χ0) is 14.8. The fourth-order valence-corrected chi connectivity index (χ4v) is 2.39. The molecule has 0 saturated carbocycles. The van der Waals surface area contributed by atoms with Gasteiger partial charge in [-0.05, 0) is 37.3 Å². The van der Waals surface area contributed by atoms with Crippen LogP contribution < -0.4 is 9.64 Å². The summed E-state index contributed by atoms with van der Waals surface area (Å²) in [4.78, 5) is 14.2. The standard InChI is InChI=1S/C17H14N2O2/c1-12-17(20)19(15-8-6-13(10-18)7-9-15)11-14-4-2-3-5-16(14)21-12/h2-9,12H,11H2,1H3/t12-/m0/s1. The molecule has 1 aliphatic rings. The van der Waals surface area contributed by atoms with Crippen LogP contribution in [0.4, 0.5) is 5.69 Å². The van der Waals surface area contributed by atoms with Crippen LogP contribution in [-0.4, -0.2) is 12.0 Å². The van der Waals surface area contributed by atoms with Gasteiger partial charge in [0.15, 0.2) is 6.10 Å². The number of nitriles is 1. The molecular weight excluding hydrogens is 264 g/mol. The number of nitrogens with zero attached hydrogens (tertiary/aromatic N) is 2. The molecule has 2 aromatic rings. The third-order valence-electron chi connectivity index (χ3n) is 3.53. The average Bonchev–Trinajstić information content (AvgIpc) is 2.65. The van der Waals surface area contributed by atoms with Gasteiger partial charge in [0.05, 0.1) is 18.2 Å². The zero-order valence-electron chi connectivity index (χ0n) is 11.6. The Bertz CT molecular complexity index is 716. The second-order valence-corrected chi connectivity index (χ2v) is 4.95. The van der Waals surface area contributed by atoms with Gasteiger partial charge >= 0.3 is 0 Å². The van der Waals surface area contributed by atoms with Gasteiger partial charge in [-0.15, -0.1) is 0 Å². The lowest BCUT2D eigenvalue weighted by molar-refractivity contribution is -0.124. The van der Waals surface area contributed by atoms with Crippen LogP contribution in [0.2, 0.25) is 0 Å². The maximum Gasteiger partial charge on any atom is 0.268 e. The van der Waals surface area contributed by atoms with Gasteiger partial charge in [-0.2, -0.15) is 5.26 Å². The van der Waals surface area contributed by atoms with Crippen molar-refractivity contribution >= 4 is 11.6 Å². The Hall–Kier alpha value is -2.80. The summed E-state index contributed by atoms with van der Waals surface area (Å²) >= 11 is 0. The van der Waals surface area contributed by atoms with Crippen LogP contribution in [0.5, 0.6) is 5.75 Å². The van der Waals surface area contributed by atoms with E-state index >= 15 is 0 Å². The van der Waals surface area contributed by atoms with E-state index in [9.17, 15) is 4.79 Å². The van der Waals surface area contributed by atoms with E-state index < -0.39 is 6.10 Å². The first kappa shape index (κ1) is 13.2. The third kappa shape index (κ3) is 2.46. The minimum Gasteiger partial charge on any atom is -0.481 e. The molecule has 1 aliphatic heterocycles. The van der Waals surface area contributed by atoms with Crippen LogP contribution in [0, 0.1) is 11.3 Å². The summed E-state index contributed by atoms with van der Waals surface area (Å²) in [6.07, 6.45) is -0.538. The molecule has 0 bridgehead atoms. The molecule has 0 aliphatic carbocycles. The molecule has 0 unspecified atom stereocenters.